The van der Waals surface area contributed by atoms with E-state index in [9.17, 15) is 0 Å². The molecule has 4 atom stereocenters. The second kappa shape index (κ2) is 7.35. The van der Waals surface area contributed by atoms with Crippen LogP contribution < -0.4 is 0 Å². The Balaban J connectivity index is 2.56. The van der Waals surface area contributed by atoms with E-state index < -0.39 is 0 Å². The van der Waals surface area contributed by atoms with Crippen LogP contribution in [0, 0.1) is 23.7 Å². The number of rotatable bonds is 7. The molecule has 0 aliphatic heterocycles. The fourth-order valence-corrected chi connectivity index (χ4v) is 4.01. The number of hydrogen-bond acceptors (Lipinski definition) is 0. The Morgan fingerprint density at radius 3 is 2.00 bits per heavy atom. The average Bonchev–Trinajstić information content (AvgIpc) is 2.55. The van der Waals surface area contributed by atoms with Gasteiger partial charge in [-0.1, -0.05) is 72.6 Å². The van der Waals surface area contributed by atoms with Crippen molar-refractivity contribution < 1.29 is 0 Å². The van der Waals surface area contributed by atoms with Gasteiger partial charge in [-0.2, -0.15) is 0 Å². The molecule has 4 unspecified atom stereocenters. The molecule has 0 saturated heterocycles. The van der Waals surface area contributed by atoms with Crippen LogP contribution in [0.15, 0.2) is 0 Å². The molecule has 1 aliphatic rings. The Morgan fingerprint density at radius 1 is 0.812 bits per heavy atom. The summed E-state index contributed by atoms with van der Waals surface area (Å²) in [5, 5.41) is 0. The van der Waals surface area contributed by atoms with Crippen molar-refractivity contribution >= 4 is 0 Å². The minimum Gasteiger partial charge on any atom is -0.0654 e. The number of hydrogen-bond donors (Lipinski definition) is 0. The van der Waals surface area contributed by atoms with Crippen LogP contribution in [-0.2, 0) is 0 Å². The maximum absolute atomic E-state index is 2.51. The van der Waals surface area contributed by atoms with Crippen molar-refractivity contribution in [1.82, 2.24) is 0 Å². The summed E-state index contributed by atoms with van der Waals surface area (Å²) in [4.78, 5) is 0. The fourth-order valence-electron chi connectivity index (χ4n) is 4.01. The van der Waals surface area contributed by atoms with Gasteiger partial charge in [0.2, 0.25) is 0 Å². The lowest BCUT2D eigenvalue weighted by atomic mass is 9.80. The Hall–Kier alpha value is 0. The van der Waals surface area contributed by atoms with Crippen molar-refractivity contribution in [2.45, 2.75) is 79.1 Å². The predicted molar refractivity (Wildman–Crippen MR) is 73.6 cm³/mol. The van der Waals surface area contributed by atoms with Gasteiger partial charge in [-0.05, 0) is 30.1 Å². The van der Waals surface area contributed by atoms with Gasteiger partial charge in [-0.3, -0.25) is 0 Å². The summed E-state index contributed by atoms with van der Waals surface area (Å²) in [6.45, 7) is 9.56. The molecular weight excluding hydrogens is 192 g/mol. The van der Waals surface area contributed by atoms with E-state index in [1.807, 2.05) is 0 Å². The fraction of sp³-hybridized carbons (Fsp3) is 1.00. The third-order valence-electron chi connectivity index (χ3n) is 4.73. The summed E-state index contributed by atoms with van der Waals surface area (Å²) in [7, 11) is 0. The lowest BCUT2D eigenvalue weighted by molar-refractivity contribution is 0.245. The maximum atomic E-state index is 2.51. The van der Waals surface area contributed by atoms with Crippen molar-refractivity contribution in [3.8, 4) is 0 Å². The molecule has 0 aromatic heterocycles. The lowest BCUT2D eigenvalue weighted by Gasteiger charge is -2.25. The van der Waals surface area contributed by atoms with E-state index in [-0.39, 0.29) is 0 Å². The Morgan fingerprint density at radius 2 is 1.44 bits per heavy atom. The van der Waals surface area contributed by atoms with Gasteiger partial charge in [0, 0.05) is 0 Å². The number of unbranched alkanes of at least 4 members (excludes halogenated alkanes) is 1. The maximum Gasteiger partial charge on any atom is -0.0355 e. The first-order chi connectivity index (χ1) is 7.74. The van der Waals surface area contributed by atoms with Crippen LogP contribution in [0.4, 0.5) is 0 Å². The smallest absolute Gasteiger partial charge is 0.0355 e. The quantitative estimate of drug-likeness (QED) is 0.523. The second-order valence-corrected chi connectivity index (χ2v) is 6.02. The molecule has 0 spiro atoms. The van der Waals surface area contributed by atoms with Crippen molar-refractivity contribution in [1.29, 1.82) is 0 Å². The van der Waals surface area contributed by atoms with Crippen molar-refractivity contribution in [2.24, 2.45) is 23.7 Å². The summed E-state index contributed by atoms with van der Waals surface area (Å²) < 4.78 is 0. The van der Waals surface area contributed by atoms with Crippen molar-refractivity contribution in [3.05, 3.63) is 0 Å². The summed E-state index contributed by atoms with van der Waals surface area (Å²) in [6, 6.07) is 0. The summed E-state index contributed by atoms with van der Waals surface area (Å²) in [5.41, 5.74) is 0. The van der Waals surface area contributed by atoms with Gasteiger partial charge in [-0.15, -0.1) is 0 Å². The summed E-state index contributed by atoms with van der Waals surface area (Å²) in [5.74, 6) is 4.17. The molecule has 0 aromatic rings. The Bertz CT molecular complexity index is 173. The molecular formula is C16H32. The molecule has 0 amide bonds. The zero-order valence-corrected chi connectivity index (χ0v) is 12.0. The molecule has 0 heterocycles. The van der Waals surface area contributed by atoms with Crippen molar-refractivity contribution in [2.75, 3.05) is 0 Å². The van der Waals surface area contributed by atoms with Crippen LogP contribution in [-0.4, -0.2) is 0 Å². The van der Waals surface area contributed by atoms with Gasteiger partial charge >= 0.3 is 0 Å². The van der Waals surface area contributed by atoms with E-state index in [2.05, 4.69) is 27.7 Å². The van der Waals surface area contributed by atoms with E-state index in [0.717, 1.165) is 23.7 Å². The highest BCUT2D eigenvalue weighted by molar-refractivity contribution is 4.88. The monoisotopic (exact) mass is 224 g/mol. The average molecular weight is 224 g/mol. The van der Waals surface area contributed by atoms with Gasteiger partial charge in [0.1, 0.15) is 0 Å². The van der Waals surface area contributed by atoms with Crippen LogP contribution in [0.2, 0.25) is 0 Å². The van der Waals surface area contributed by atoms with Crippen LogP contribution in [0.1, 0.15) is 79.1 Å². The molecule has 1 rings (SSSR count). The van der Waals surface area contributed by atoms with E-state index in [1.165, 1.54) is 51.4 Å². The lowest BCUT2D eigenvalue weighted by Crippen LogP contribution is -2.17. The van der Waals surface area contributed by atoms with Gasteiger partial charge < -0.3 is 0 Å². The molecule has 0 nitrogen and oxygen atoms in total. The van der Waals surface area contributed by atoms with E-state index in [0.29, 0.717) is 0 Å². The molecule has 1 saturated carbocycles. The van der Waals surface area contributed by atoms with Crippen LogP contribution in [0.5, 0.6) is 0 Å². The normalized spacial score (nSPS) is 34.5. The van der Waals surface area contributed by atoms with Crippen LogP contribution in [0.25, 0.3) is 0 Å². The minimum atomic E-state index is 0.998. The van der Waals surface area contributed by atoms with E-state index in [1.54, 1.807) is 0 Å². The minimum absolute atomic E-state index is 0.998. The topological polar surface area (TPSA) is 0 Å². The molecule has 0 aromatic carbocycles. The molecule has 1 fully saturated rings. The van der Waals surface area contributed by atoms with Gasteiger partial charge in [0.15, 0.2) is 0 Å². The highest BCUT2D eigenvalue weighted by atomic mass is 14.4. The first kappa shape index (κ1) is 14.1. The third kappa shape index (κ3) is 3.50. The van der Waals surface area contributed by atoms with Gasteiger partial charge in [0.05, 0.1) is 0 Å². The van der Waals surface area contributed by atoms with E-state index in [4.69, 9.17) is 0 Å². The third-order valence-corrected chi connectivity index (χ3v) is 4.73. The molecule has 96 valence electrons. The predicted octanol–water partition coefficient (Wildman–Crippen LogP) is 5.67. The first-order valence-corrected chi connectivity index (χ1v) is 7.74. The zero-order valence-electron chi connectivity index (χ0n) is 12.0. The summed E-state index contributed by atoms with van der Waals surface area (Å²) >= 11 is 0. The Labute approximate surface area is 103 Å². The molecule has 0 N–H and O–H groups in total. The van der Waals surface area contributed by atoms with Crippen LogP contribution >= 0.6 is 0 Å². The van der Waals surface area contributed by atoms with Gasteiger partial charge in [0.25, 0.3) is 0 Å². The first-order valence-electron chi connectivity index (χ1n) is 7.74. The van der Waals surface area contributed by atoms with E-state index >= 15 is 0 Å². The molecule has 16 heavy (non-hydrogen) atoms. The largest absolute Gasteiger partial charge is 0.0654 e. The molecule has 0 radical (unpaired) electrons. The van der Waals surface area contributed by atoms with Crippen molar-refractivity contribution in [3.63, 3.8) is 0 Å². The SMILES string of the molecule is CCCCC1CC(C)C(CCC)C1CCC. The Kier molecular flexibility index (Phi) is 6.46. The highest BCUT2D eigenvalue weighted by Gasteiger charge is 2.38. The molecule has 0 bridgehead atoms. The highest BCUT2D eigenvalue weighted by Crippen LogP contribution is 2.47. The standard InChI is InChI=1S/C16H32/c1-5-8-11-14-12-13(4)15(9-6-2)16(14)10-7-3/h13-16H,5-12H2,1-4H3. The summed E-state index contributed by atoms with van der Waals surface area (Å²) in [6.07, 6.45) is 11.6. The zero-order chi connectivity index (χ0) is 12.0. The molecule has 0 heteroatoms. The molecule has 1 aliphatic carbocycles. The second-order valence-electron chi connectivity index (χ2n) is 6.02. The van der Waals surface area contributed by atoms with Crippen LogP contribution in [0.3, 0.4) is 0 Å². The van der Waals surface area contributed by atoms with Gasteiger partial charge in [-0.25, -0.2) is 0 Å².